The van der Waals surface area contributed by atoms with Crippen LogP contribution >= 0.6 is 0 Å². The number of rotatable bonds is 6. The Morgan fingerprint density at radius 3 is 2.55 bits per heavy atom. The zero-order valence-electron chi connectivity index (χ0n) is 11.8. The molecule has 0 radical (unpaired) electrons. The lowest BCUT2D eigenvalue weighted by Gasteiger charge is -2.22. The van der Waals surface area contributed by atoms with Crippen LogP contribution in [0.5, 0.6) is 0 Å². The predicted octanol–water partition coefficient (Wildman–Crippen LogP) is 1.45. The second kappa shape index (κ2) is 6.92. The van der Waals surface area contributed by atoms with Crippen molar-refractivity contribution >= 4 is 16.5 Å². The molecule has 0 amide bonds. The highest BCUT2D eigenvalue weighted by Gasteiger charge is 2.21. The van der Waals surface area contributed by atoms with Gasteiger partial charge in [-0.3, -0.25) is 14.3 Å². The van der Waals surface area contributed by atoms with Gasteiger partial charge in [-0.15, -0.1) is 0 Å². The van der Waals surface area contributed by atoms with Crippen LogP contribution in [0.3, 0.4) is 0 Å². The molecule has 7 heteroatoms. The van der Waals surface area contributed by atoms with E-state index in [1.54, 1.807) is 6.07 Å². The van der Waals surface area contributed by atoms with Crippen molar-refractivity contribution in [3.05, 3.63) is 34.4 Å². The summed E-state index contributed by atoms with van der Waals surface area (Å²) in [4.78, 5) is 10.4. The van der Waals surface area contributed by atoms with Crippen LogP contribution in [0.4, 0.5) is 5.69 Å². The number of nitrogens with zero attached hydrogens (tertiary/aromatic N) is 1. The van der Waals surface area contributed by atoms with Gasteiger partial charge in [0.1, 0.15) is 4.90 Å². The molecule has 2 N–H and O–H groups in total. The monoisotopic (exact) mass is 300 g/mol. The Morgan fingerprint density at radius 1 is 1.40 bits per heavy atom. The maximum absolute atomic E-state index is 12.1. The van der Waals surface area contributed by atoms with Gasteiger partial charge in [0.05, 0.1) is 27.6 Å². The third-order valence-electron chi connectivity index (χ3n) is 2.52. The Balaban J connectivity index is 2.70. The number of aliphatic hydroxyl groups excluding tert-OH is 1. The van der Waals surface area contributed by atoms with Crippen molar-refractivity contribution in [3.8, 4) is 0 Å². The van der Waals surface area contributed by atoms with E-state index in [-0.39, 0.29) is 28.4 Å². The quantitative estimate of drug-likeness (QED) is 0.613. The summed E-state index contributed by atoms with van der Waals surface area (Å²) >= 11 is 0. The maximum Gasteiger partial charge on any atom is 0.285 e. The van der Waals surface area contributed by atoms with E-state index in [1.807, 2.05) is 20.8 Å². The molecule has 0 spiro atoms. The zero-order valence-corrected chi connectivity index (χ0v) is 12.6. The molecule has 20 heavy (non-hydrogen) atoms. The Morgan fingerprint density at radius 2 is 2.00 bits per heavy atom. The van der Waals surface area contributed by atoms with Gasteiger partial charge in [-0.05, 0) is 26.8 Å². The standard InChI is InChI=1S/C13H20N2O4S/c1-13(2,3)14-8-10(16)9-20(19)12-7-5-4-6-11(12)15(17)18/h4-7,10,14,16H,8-9H2,1-3H3. The summed E-state index contributed by atoms with van der Waals surface area (Å²) in [6.45, 7) is 6.16. The fourth-order valence-corrected chi connectivity index (χ4v) is 2.80. The fraction of sp³-hybridized carbons (Fsp3) is 0.538. The molecule has 112 valence electrons. The van der Waals surface area contributed by atoms with Crippen molar-refractivity contribution in [1.82, 2.24) is 5.32 Å². The van der Waals surface area contributed by atoms with Crippen molar-refractivity contribution in [2.24, 2.45) is 0 Å². The van der Waals surface area contributed by atoms with Gasteiger partial charge in [0, 0.05) is 18.2 Å². The van der Waals surface area contributed by atoms with Gasteiger partial charge >= 0.3 is 0 Å². The summed E-state index contributed by atoms with van der Waals surface area (Å²) in [6, 6.07) is 5.89. The second-order valence-corrected chi connectivity index (χ2v) is 6.99. The van der Waals surface area contributed by atoms with Gasteiger partial charge in [0.15, 0.2) is 0 Å². The number of nitrogens with one attached hydrogen (secondary N) is 1. The first kappa shape index (κ1) is 16.7. The van der Waals surface area contributed by atoms with E-state index in [9.17, 15) is 19.4 Å². The van der Waals surface area contributed by atoms with E-state index in [2.05, 4.69) is 5.32 Å². The SMILES string of the molecule is CC(C)(C)NCC(O)CS(=O)c1ccccc1[N+](=O)[O-]. The first-order chi connectivity index (χ1) is 9.20. The minimum absolute atomic E-state index is 0.0338. The highest BCUT2D eigenvalue weighted by Crippen LogP contribution is 2.21. The average molecular weight is 300 g/mol. The molecule has 2 atom stereocenters. The number of benzene rings is 1. The predicted molar refractivity (Wildman–Crippen MR) is 78.1 cm³/mol. The molecule has 0 fully saturated rings. The third-order valence-corrected chi connectivity index (χ3v) is 4.04. The molecular formula is C13H20N2O4S. The van der Waals surface area contributed by atoms with Crippen molar-refractivity contribution in [3.63, 3.8) is 0 Å². The number of aliphatic hydroxyl groups is 1. The number of nitro groups is 1. The zero-order chi connectivity index (χ0) is 15.3. The summed E-state index contributed by atoms with van der Waals surface area (Å²) in [5.41, 5.74) is -0.330. The van der Waals surface area contributed by atoms with E-state index < -0.39 is 21.8 Å². The Hall–Kier alpha value is -1.31. The van der Waals surface area contributed by atoms with E-state index in [1.165, 1.54) is 18.2 Å². The number of hydrogen-bond acceptors (Lipinski definition) is 5. The molecule has 0 heterocycles. The van der Waals surface area contributed by atoms with Gasteiger partial charge in [-0.25, -0.2) is 0 Å². The molecule has 0 aromatic heterocycles. The molecule has 0 saturated heterocycles. The molecular weight excluding hydrogens is 280 g/mol. The molecule has 0 aliphatic heterocycles. The second-order valence-electron chi connectivity index (χ2n) is 5.52. The van der Waals surface area contributed by atoms with Gasteiger partial charge in [0.2, 0.25) is 0 Å². The van der Waals surface area contributed by atoms with E-state index in [4.69, 9.17) is 0 Å². The smallest absolute Gasteiger partial charge is 0.285 e. The van der Waals surface area contributed by atoms with Crippen LogP contribution < -0.4 is 5.32 Å². The molecule has 6 nitrogen and oxygen atoms in total. The highest BCUT2D eigenvalue weighted by molar-refractivity contribution is 7.85. The summed E-state index contributed by atoms with van der Waals surface area (Å²) < 4.78 is 12.1. The molecule has 1 aromatic carbocycles. The topological polar surface area (TPSA) is 92.5 Å². The normalized spacial score (nSPS) is 14.8. The van der Waals surface area contributed by atoms with Crippen LogP contribution in [0.1, 0.15) is 20.8 Å². The minimum Gasteiger partial charge on any atom is -0.391 e. The largest absolute Gasteiger partial charge is 0.391 e. The Kier molecular flexibility index (Phi) is 5.79. The molecule has 0 aliphatic rings. The van der Waals surface area contributed by atoms with Crippen molar-refractivity contribution < 1.29 is 14.2 Å². The number of β-amino-alcohol motifs (C(OH)–C–C–N with tert-alkyl or cyclic N) is 1. The third kappa shape index (κ3) is 5.36. The lowest BCUT2D eigenvalue weighted by Crippen LogP contribution is -2.42. The molecule has 2 unspecified atom stereocenters. The van der Waals surface area contributed by atoms with Gasteiger partial charge in [0.25, 0.3) is 5.69 Å². The average Bonchev–Trinajstić information content (AvgIpc) is 2.35. The molecule has 0 saturated carbocycles. The van der Waals surface area contributed by atoms with Gasteiger partial charge < -0.3 is 10.4 Å². The van der Waals surface area contributed by atoms with E-state index >= 15 is 0 Å². The molecule has 1 rings (SSSR count). The van der Waals surface area contributed by atoms with Crippen LogP contribution in [0.25, 0.3) is 0 Å². The first-order valence-electron chi connectivity index (χ1n) is 6.25. The molecule has 0 aliphatic carbocycles. The fourth-order valence-electron chi connectivity index (χ4n) is 1.55. The summed E-state index contributed by atoms with van der Waals surface area (Å²) in [6.07, 6.45) is -0.824. The number of hydrogen-bond donors (Lipinski definition) is 2. The lowest BCUT2D eigenvalue weighted by atomic mass is 10.1. The van der Waals surface area contributed by atoms with E-state index in [0.717, 1.165) is 0 Å². The van der Waals surface area contributed by atoms with Crippen molar-refractivity contribution in [2.45, 2.75) is 37.3 Å². The first-order valence-corrected chi connectivity index (χ1v) is 7.57. The molecule has 0 bridgehead atoms. The van der Waals surface area contributed by atoms with Crippen LogP contribution in [0, 0.1) is 10.1 Å². The van der Waals surface area contributed by atoms with Crippen molar-refractivity contribution in [1.29, 1.82) is 0 Å². The highest BCUT2D eigenvalue weighted by atomic mass is 32.2. The summed E-state index contributed by atoms with van der Waals surface area (Å²) in [7, 11) is -1.61. The van der Waals surface area contributed by atoms with Crippen LogP contribution in [-0.4, -0.2) is 38.2 Å². The summed E-state index contributed by atoms with van der Waals surface area (Å²) in [5, 5.41) is 23.8. The van der Waals surface area contributed by atoms with Crippen LogP contribution in [-0.2, 0) is 10.8 Å². The Bertz CT molecular complexity index is 499. The lowest BCUT2D eigenvalue weighted by molar-refractivity contribution is -0.387. The van der Waals surface area contributed by atoms with E-state index in [0.29, 0.717) is 0 Å². The van der Waals surface area contributed by atoms with Crippen LogP contribution in [0.15, 0.2) is 29.2 Å². The summed E-state index contributed by atoms with van der Waals surface area (Å²) in [5.74, 6) is -0.0338. The molecule has 1 aromatic rings. The number of nitro benzene ring substituents is 1. The number of para-hydroxylation sites is 1. The van der Waals surface area contributed by atoms with Gasteiger partial charge in [-0.2, -0.15) is 0 Å². The van der Waals surface area contributed by atoms with Gasteiger partial charge in [-0.1, -0.05) is 12.1 Å². The Labute approximate surface area is 120 Å². The van der Waals surface area contributed by atoms with Crippen molar-refractivity contribution in [2.75, 3.05) is 12.3 Å². The minimum atomic E-state index is -1.61. The van der Waals surface area contributed by atoms with Crippen LogP contribution in [0.2, 0.25) is 0 Å². The maximum atomic E-state index is 12.1.